The van der Waals surface area contributed by atoms with Crippen LogP contribution in [0.4, 0.5) is 0 Å². The fourth-order valence-electron chi connectivity index (χ4n) is 3.50. The molecule has 8 heteroatoms. The number of ether oxygens (including phenoxy) is 1. The van der Waals surface area contributed by atoms with E-state index >= 15 is 0 Å². The molecule has 1 atom stereocenters. The zero-order valence-corrected chi connectivity index (χ0v) is 18.0. The van der Waals surface area contributed by atoms with Crippen LogP contribution >= 0.6 is 11.6 Å². The second-order valence-corrected chi connectivity index (χ2v) is 7.65. The summed E-state index contributed by atoms with van der Waals surface area (Å²) in [5, 5.41) is 11.3. The van der Waals surface area contributed by atoms with E-state index in [0.29, 0.717) is 31.1 Å². The Morgan fingerprint density at radius 2 is 2.07 bits per heavy atom. The lowest BCUT2D eigenvalue weighted by molar-refractivity contribution is -0.140. The molecule has 1 fully saturated rings. The van der Waals surface area contributed by atoms with E-state index in [1.165, 1.54) is 11.2 Å². The number of rotatable bonds is 8. The van der Waals surface area contributed by atoms with E-state index in [1.54, 1.807) is 30.3 Å². The highest BCUT2D eigenvalue weighted by atomic mass is 35.5. The van der Waals surface area contributed by atoms with Crippen LogP contribution in [0.2, 0.25) is 5.02 Å². The molecule has 1 unspecified atom stereocenters. The SMILES string of the molecule is CCOc1ccc(Cl)c(/C(O)=C2/C(=O)C(=O)N(CCCN(C)C)C2c2ccco2)c1. The zero-order chi connectivity index (χ0) is 21.8. The third kappa shape index (κ3) is 4.37. The molecular weight excluding hydrogens is 408 g/mol. The number of amides is 1. The number of aliphatic hydroxyl groups excluding tert-OH is 1. The van der Waals surface area contributed by atoms with Crippen molar-refractivity contribution in [3.8, 4) is 5.75 Å². The minimum absolute atomic E-state index is 0.0460. The molecule has 0 aliphatic carbocycles. The molecule has 0 radical (unpaired) electrons. The van der Waals surface area contributed by atoms with Gasteiger partial charge >= 0.3 is 0 Å². The molecule has 7 nitrogen and oxygen atoms in total. The van der Waals surface area contributed by atoms with Crippen LogP contribution in [0.25, 0.3) is 5.76 Å². The minimum atomic E-state index is -0.825. The summed E-state index contributed by atoms with van der Waals surface area (Å²) in [5.74, 6) is -0.891. The maximum atomic E-state index is 12.9. The van der Waals surface area contributed by atoms with Crippen molar-refractivity contribution < 1.29 is 23.8 Å². The Hall–Kier alpha value is -2.77. The number of aliphatic hydroxyl groups is 1. The van der Waals surface area contributed by atoms with Crippen LogP contribution in [0.5, 0.6) is 5.75 Å². The number of hydrogen-bond acceptors (Lipinski definition) is 6. The van der Waals surface area contributed by atoms with Gasteiger partial charge in [-0.05, 0) is 64.3 Å². The van der Waals surface area contributed by atoms with E-state index in [2.05, 4.69) is 0 Å². The molecule has 1 amide bonds. The van der Waals surface area contributed by atoms with Crippen molar-refractivity contribution in [3.63, 3.8) is 0 Å². The first-order valence-electron chi connectivity index (χ1n) is 9.74. The van der Waals surface area contributed by atoms with Gasteiger partial charge in [0, 0.05) is 12.1 Å². The van der Waals surface area contributed by atoms with Gasteiger partial charge in [-0.1, -0.05) is 11.6 Å². The van der Waals surface area contributed by atoms with Crippen LogP contribution < -0.4 is 4.74 Å². The Labute approximate surface area is 180 Å². The third-order valence-electron chi connectivity index (χ3n) is 4.86. The molecule has 1 aromatic carbocycles. The summed E-state index contributed by atoms with van der Waals surface area (Å²) in [6.07, 6.45) is 2.13. The van der Waals surface area contributed by atoms with E-state index in [4.69, 9.17) is 20.8 Å². The Balaban J connectivity index is 2.08. The van der Waals surface area contributed by atoms with Gasteiger partial charge in [-0.15, -0.1) is 0 Å². The monoisotopic (exact) mass is 432 g/mol. The first-order chi connectivity index (χ1) is 14.3. The number of benzene rings is 1. The van der Waals surface area contributed by atoms with Crippen LogP contribution in [0.15, 0.2) is 46.6 Å². The Kier molecular flexibility index (Phi) is 6.84. The highest BCUT2D eigenvalue weighted by Gasteiger charge is 2.47. The molecule has 160 valence electrons. The summed E-state index contributed by atoms with van der Waals surface area (Å²) in [5.41, 5.74) is 0.181. The van der Waals surface area contributed by atoms with Gasteiger partial charge in [0.15, 0.2) is 0 Å². The van der Waals surface area contributed by atoms with E-state index in [-0.39, 0.29) is 21.9 Å². The number of hydrogen-bond donors (Lipinski definition) is 1. The second kappa shape index (κ2) is 9.36. The van der Waals surface area contributed by atoms with E-state index in [9.17, 15) is 14.7 Å². The van der Waals surface area contributed by atoms with Crippen LogP contribution in [0.1, 0.15) is 30.7 Å². The zero-order valence-electron chi connectivity index (χ0n) is 17.2. The Morgan fingerprint density at radius 3 is 2.70 bits per heavy atom. The van der Waals surface area contributed by atoms with Gasteiger partial charge in [0.05, 0.1) is 23.5 Å². The number of Topliss-reactive ketones (excluding diaryl/α,β-unsaturated/α-hetero) is 1. The summed E-state index contributed by atoms with van der Waals surface area (Å²) in [4.78, 5) is 29.2. The summed E-state index contributed by atoms with van der Waals surface area (Å²) in [6, 6.07) is 7.34. The van der Waals surface area contributed by atoms with Gasteiger partial charge < -0.3 is 24.1 Å². The molecule has 1 aliphatic heterocycles. The summed E-state index contributed by atoms with van der Waals surface area (Å²) in [6.45, 7) is 3.36. The highest BCUT2D eigenvalue weighted by Crippen LogP contribution is 2.41. The normalized spacial score (nSPS) is 18.4. The van der Waals surface area contributed by atoms with Crippen LogP contribution in [-0.4, -0.2) is 60.4 Å². The van der Waals surface area contributed by atoms with Crippen molar-refractivity contribution in [1.29, 1.82) is 0 Å². The number of likely N-dealkylation sites (tertiary alicyclic amines) is 1. The molecule has 1 N–H and O–H groups in total. The van der Waals surface area contributed by atoms with Gasteiger partial charge in [0.1, 0.15) is 23.3 Å². The smallest absolute Gasteiger partial charge is 0.295 e. The molecule has 1 aliphatic rings. The van der Waals surface area contributed by atoms with E-state index in [1.807, 2.05) is 25.9 Å². The summed E-state index contributed by atoms with van der Waals surface area (Å²) >= 11 is 6.29. The molecule has 1 aromatic heterocycles. The average Bonchev–Trinajstić information content (AvgIpc) is 3.31. The molecular formula is C22H25ClN2O5. The lowest BCUT2D eigenvalue weighted by atomic mass is 9.99. The number of halogens is 1. The predicted octanol–water partition coefficient (Wildman–Crippen LogP) is 3.71. The highest BCUT2D eigenvalue weighted by molar-refractivity contribution is 6.46. The number of carbonyl (C=O) groups excluding carboxylic acids is 2. The maximum Gasteiger partial charge on any atom is 0.295 e. The number of furan rings is 1. The molecule has 1 saturated heterocycles. The standard InChI is InChI=1S/C22H25ClN2O5/c1-4-29-14-8-9-16(23)15(13-14)20(26)18-19(17-7-5-12-30-17)25(22(28)21(18)27)11-6-10-24(2)3/h5,7-9,12-13,19,26H,4,6,10-11H2,1-3H3/b20-18-. The van der Waals surface area contributed by atoms with Crippen LogP contribution in [0.3, 0.4) is 0 Å². The molecule has 0 bridgehead atoms. The van der Waals surface area contributed by atoms with E-state index in [0.717, 1.165) is 6.54 Å². The van der Waals surface area contributed by atoms with Gasteiger partial charge in [0.25, 0.3) is 11.7 Å². The van der Waals surface area contributed by atoms with Crippen molar-refractivity contribution in [2.24, 2.45) is 0 Å². The first-order valence-corrected chi connectivity index (χ1v) is 10.1. The van der Waals surface area contributed by atoms with Gasteiger partial charge in [-0.2, -0.15) is 0 Å². The van der Waals surface area contributed by atoms with Crippen molar-refractivity contribution in [2.45, 2.75) is 19.4 Å². The third-order valence-corrected chi connectivity index (χ3v) is 5.19. The molecule has 0 saturated carbocycles. The van der Waals surface area contributed by atoms with Crippen LogP contribution in [-0.2, 0) is 9.59 Å². The molecule has 30 heavy (non-hydrogen) atoms. The van der Waals surface area contributed by atoms with Crippen molar-refractivity contribution in [2.75, 3.05) is 33.8 Å². The molecule has 0 spiro atoms. The first kappa shape index (κ1) is 21.9. The number of nitrogens with zero attached hydrogens (tertiary/aromatic N) is 2. The van der Waals surface area contributed by atoms with Gasteiger partial charge in [-0.3, -0.25) is 9.59 Å². The Morgan fingerprint density at radius 1 is 1.30 bits per heavy atom. The lowest BCUT2D eigenvalue weighted by Crippen LogP contribution is -2.32. The predicted molar refractivity (Wildman–Crippen MR) is 114 cm³/mol. The molecule has 3 rings (SSSR count). The topological polar surface area (TPSA) is 83.2 Å². The van der Waals surface area contributed by atoms with Gasteiger partial charge in [0.2, 0.25) is 0 Å². The molecule has 2 heterocycles. The van der Waals surface area contributed by atoms with Crippen molar-refractivity contribution >= 4 is 29.1 Å². The number of carbonyl (C=O) groups is 2. The minimum Gasteiger partial charge on any atom is -0.507 e. The van der Waals surface area contributed by atoms with Crippen LogP contribution in [0, 0.1) is 0 Å². The maximum absolute atomic E-state index is 12.9. The van der Waals surface area contributed by atoms with Crippen molar-refractivity contribution in [3.05, 3.63) is 58.5 Å². The second-order valence-electron chi connectivity index (χ2n) is 7.24. The van der Waals surface area contributed by atoms with Gasteiger partial charge in [-0.25, -0.2) is 0 Å². The average molecular weight is 433 g/mol. The molecule has 2 aromatic rings. The fourth-order valence-corrected chi connectivity index (χ4v) is 3.71. The van der Waals surface area contributed by atoms with E-state index < -0.39 is 17.7 Å². The Bertz CT molecular complexity index is 952. The fraction of sp³-hybridized carbons (Fsp3) is 0.364. The summed E-state index contributed by atoms with van der Waals surface area (Å²) < 4.78 is 11.0. The largest absolute Gasteiger partial charge is 0.507 e. The number of ketones is 1. The van der Waals surface area contributed by atoms with Crippen molar-refractivity contribution in [1.82, 2.24) is 9.80 Å². The lowest BCUT2D eigenvalue weighted by Gasteiger charge is -2.24. The quantitative estimate of drug-likeness (QED) is 0.389. The summed E-state index contributed by atoms with van der Waals surface area (Å²) in [7, 11) is 3.87.